The first-order valence-electron chi connectivity index (χ1n) is 44.1. The van der Waals surface area contributed by atoms with Crippen molar-refractivity contribution >= 4 is 101 Å². The second kappa shape index (κ2) is 85.9. The summed E-state index contributed by atoms with van der Waals surface area (Å²) in [4.78, 5) is 209. The number of ether oxygens (including phenoxy) is 29. The average Bonchev–Trinajstić information content (AvgIpc) is 1.63. The highest BCUT2D eigenvalue weighted by molar-refractivity contribution is 5.97. The number of esters is 13. The number of cyclic esters (lactones) is 1. The van der Waals surface area contributed by atoms with Gasteiger partial charge in [-0.3, -0.25) is 81.5 Å². The van der Waals surface area contributed by atoms with Crippen LogP contribution in [0.2, 0.25) is 0 Å². The Labute approximate surface area is 794 Å². The van der Waals surface area contributed by atoms with E-state index in [-0.39, 0.29) is 386 Å². The molecule has 788 valence electrons. The molecule has 0 aromatic rings. The van der Waals surface area contributed by atoms with Crippen LogP contribution in [0.5, 0.6) is 0 Å². The molecular formula is C87H140O50. The summed E-state index contributed by atoms with van der Waals surface area (Å²) in [5, 5.41) is 35.1. The van der Waals surface area contributed by atoms with Crippen LogP contribution >= 0.6 is 0 Å². The fraction of sp³-hybridized carbons (Fsp3) is 0.782. The Morgan fingerprint density at radius 3 is 0.489 bits per heavy atom. The highest BCUT2D eigenvalue weighted by atomic mass is 16.6. The third-order valence-corrected chi connectivity index (χ3v) is 17.7. The van der Waals surface area contributed by atoms with Crippen molar-refractivity contribution in [3.63, 3.8) is 0 Å². The molecule has 137 heavy (non-hydrogen) atoms. The van der Waals surface area contributed by atoms with Crippen LogP contribution in [-0.2, 0) is 219 Å². The van der Waals surface area contributed by atoms with Crippen LogP contribution < -0.4 is 0 Å². The van der Waals surface area contributed by atoms with Gasteiger partial charge in [-0.2, -0.15) is 0 Å². The molecule has 1 saturated heterocycles. The maximum absolute atomic E-state index is 13.9. The Hall–Kier alpha value is -9.27. The molecule has 0 bridgehead atoms. The second-order valence-electron chi connectivity index (χ2n) is 28.6. The van der Waals surface area contributed by atoms with E-state index in [4.69, 9.17) is 153 Å². The van der Waals surface area contributed by atoms with Crippen molar-refractivity contribution in [2.75, 3.05) is 317 Å². The minimum Gasteiger partial charge on any atom is -0.463 e. The lowest BCUT2D eigenvalue weighted by molar-refractivity contribution is -0.170. The topological polar surface area (TPSA) is 639 Å². The van der Waals surface area contributed by atoms with Gasteiger partial charge in [-0.25, -0.2) is 0 Å². The van der Waals surface area contributed by atoms with Gasteiger partial charge in [0.05, 0.1) is 285 Å². The van der Waals surface area contributed by atoms with E-state index in [0.29, 0.717) is 12.2 Å². The number of hydrogen-bond donors (Lipinski definition) is 4. The Bertz CT molecular complexity index is 3190. The minimum absolute atomic E-state index is 0. The molecule has 2 aliphatic carbocycles. The molecule has 1 heterocycles. The van der Waals surface area contributed by atoms with Crippen molar-refractivity contribution in [2.24, 2.45) is 47.3 Å². The average molecular weight is 1990 g/mol. The molecule has 50 heteroatoms. The first kappa shape index (κ1) is 128. The highest BCUT2D eigenvalue weighted by Gasteiger charge is 2.60. The van der Waals surface area contributed by atoms with Gasteiger partial charge >= 0.3 is 77.6 Å². The van der Waals surface area contributed by atoms with Crippen molar-refractivity contribution in [1.29, 1.82) is 0 Å². The van der Waals surface area contributed by atoms with E-state index < -0.39 is 125 Å². The SMILES string of the molecule is C.C=C1CC(=O)O1.CC(=O)CC(=O)OCCOCCOCCOC(=O)C1CC(C(=O)OCCOCCOCCOC(=O)CC(C)=O)C(C(=O)OCCOCCOCCOC(=O)CC(C)=O)C1C(=O)OCCOCCOCCOC(=O)CC(C)=O.O=C(OCCOCCOCCO)C1CC(C(=O)OCCOCCOCCO)C(C(=O)OCCOCCOCCO)C1C(=O)OCCOCCOCCO. The van der Waals surface area contributed by atoms with Gasteiger partial charge in [-0.05, 0) is 40.5 Å². The quantitative estimate of drug-likeness (QED) is 0.0211. The summed E-state index contributed by atoms with van der Waals surface area (Å²) in [5.74, 6) is -23.1. The van der Waals surface area contributed by atoms with E-state index in [1.165, 1.54) is 27.7 Å². The Morgan fingerprint density at radius 2 is 0.365 bits per heavy atom. The normalized spacial score (nSPS) is 16.7. The predicted molar refractivity (Wildman–Crippen MR) is 458 cm³/mol. The molecule has 0 aromatic heterocycles. The summed E-state index contributed by atoms with van der Waals surface area (Å²) in [6.45, 7) is 7.07. The highest BCUT2D eigenvalue weighted by Crippen LogP contribution is 2.46. The zero-order chi connectivity index (χ0) is 100. The maximum atomic E-state index is 13.9. The molecule has 50 nitrogen and oxygen atoms in total. The van der Waals surface area contributed by atoms with Gasteiger partial charge in [0.25, 0.3) is 0 Å². The van der Waals surface area contributed by atoms with Crippen molar-refractivity contribution in [3.8, 4) is 0 Å². The second-order valence-corrected chi connectivity index (χ2v) is 28.6. The Kier molecular flexibility index (Phi) is 80.1. The van der Waals surface area contributed by atoms with Gasteiger partial charge in [0, 0.05) is 0 Å². The number of aliphatic hydroxyl groups is 4. The first-order valence-corrected chi connectivity index (χ1v) is 44.1. The van der Waals surface area contributed by atoms with Gasteiger partial charge in [0.1, 0.15) is 140 Å². The Balaban J connectivity index is 0.00000267. The molecule has 0 spiro atoms. The lowest BCUT2D eigenvalue weighted by atomic mass is 9.86. The van der Waals surface area contributed by atoms with Crippen LogP contribution in [0.15, 0.2) is 12.3 Å². The number of carbonyl (C=O) groups is 17. The van der Waals surface area contributed by atoms with Gasteiger partial charge in [0.2, 0.25) is 0 Å². The zero-order valence-corrected chi connectivity index (χ0v) is 77.8. The first-order chi connectivity index (χ1) is 65.6. The number of aliphatic hydroxyl groups excluding tert-OH is 4. The summed E-state index contributed by atoms with van der Waals surface area (Å²) >= 11 is 0. The van der Waals surface area contributed by atoms with Gasteiger partial charge in [-0.1, -0.05) is 14.0 Å². The largest absolute Gasteiger partial charge is 0.463 e. The van der Waals surface area contributed by atoms with E-state index >= 15 is 0 Å². The minimum atomic E-state index is -1.63. The van der Waals surface area contributed by atoms with Crippen LogP contribution in [0.3, 0.4) is 0 Å². The smallest absolute Gasteiger partial charge is 0.318 e. The lowest BCUT2D eigenvalue weighted by Crippen LogP contribution is -2.39. The molecular weight excluding hydrogens is 1840 g/mol. The van der Waals surface area contributed by atoms with Crippen molar-refractivity contribution < 1.29 is 239 Å². The number of ketones is 4. The van der Waals surface area contributed by atoms with Crippen LogP contribution in [0, 0.1) is 47.3 Å². The predicted octanol–water partition coefficient (Wildman–Crippen LogP) is -2.54. The van der Waals surface area contributed by atoms with E-state index in [0.717, 1.165) is 0 Å². The van der Waals surface area contributed by atoms with Crippen molar-refractivity contribution in [2.45, 2.75) is 80.1 Å². The number of Topliss-reactive ketones (excluding diaryl/α,β-unsaturated/α-hetero) is 4. The van der Waals surface area contributed by atoms with E-state index in [1.54, 1.807) is 0 Å². The summed E-state index contributed by atoms with van der Waals surface area (Å²) in [7, 11) is 0. The van der Waals surface area contributed by atoms with Gasteiger partial charge in [0.15, 0.2) is 0 Å². The van der Waals surface area contributed by atoms with Crippen molar-refractivity contribution in [3.05, 3.63) is 12.3 Å². The molecule has 8 unspecified atom stereocenters. The molecule has 3 aliphatic rings. The molecule has 8 atom stereocenters. The molecule has 3 fully saturated rings. The monoisotopic (exact) mass is 1980 g/mol. The molecule has 4 N–H and O–H groups in total. The number of rotatable bonds is 84. The Morgan fingerprint density at radius 1 is 0.234 bits per heavy atom. The molecule has 3 rings (SSSR count). The van der Waals surface area contributed by atoms with Crippen molar-refractivity contribution in [1.82, 2.24) is 0 Å². The molecule has 0 amide bonds. The van der Waals surface area contributed by atoms with Crippen LogP contribution in [-0.4, -0.2) is 438 Å². The maximum Gasteiger partial charge on any atom is 0.318 e. The third kappa shape index (κ3) is 67.6. The van der Waals surface area contributed by atoms with E-state index in [2.05, 4.69) is 11.3 Å². The summed E-state index contributed by atoms with van der Waals surface area (Å²) < 4.78 is 152. The van der Waals surface area contributed by atoms with Crippen LogP contribution in [0.25, 0.3) is 0 Å². The standard InChI is InChI=1S/C49H74O28.C33H58O20.C4H4O2.CH4/c1-34(50)29-40(54)70-21-13-62-5-9-66-17-25-74-46(58)38-33-39(47(59)75-26-18-67-10-6-63-14-22-71-41(55)30-35(2)51)45(49(61)77-28-20-69-12-8-65-16-24-73-43(57)32-37(4)53)44(38)48(60)76-27-19-68-11-7-64-15-23-72-42(56)31-36(3)52;34-1-5-42-9-13-46-17-21-50-30(38)26-25-27(31(39)51-22-18-47-14-10-43-6-2-35)29(33(41)53-24-20-49-16-12-45-8-4-37)28(26)32(40)52-23-19-48-15-11-44-7-3-36;1-3-2-4(5)6-3;/h38-39,44-45H,5-33H2,1-4H3;26-29,34-37H,1-25H2;1-2H2;1H4. The van der Waals surface area contributed by atoms with Gasteiger partial charge < -0.3 is 158 Å². The lowest BCUT2D eigenvalue weighted by Gasteiger charge is -2.23. The molecule has 0 radical (unpaired) electrons. The molecule has 0 aromatic carbocycles. The number of hydrogen-bond acceptors (Lipinski definition) is 50. The summed E-state index contributed by atoms with van der Waals surface area (Å²) in [5.41, 5.74) is 0. The fourth-order valence-corrected chi connectivity index (χ4v) is 11.8. The van der Waals surface area contributed by atoms with E-state index in [9.17, 15) is 81.5 Å². The zero-order valence-electron chi connectivity index (χ0n) is 77.8. The van der Waals surface area contributed by atoms with E-state index in [1.807, 2.05) is 0 Å². The van der Waals surface area contributed by atoms with Crippen LogP contribution in [0.4, 0.5) is 0 Å². The molecule has 1 aliphatic heterocycles. The van der Waals surface area contributed by atoms with Gasteiger partial charge in [-0.15, -0.1) is 0 Å². The summed E-state index contributed by atoms with van der Waals surface area (Å²) in [6, 6.07) is 0. The number of carbonyl (C=O) groups excluding carboxylic acids is 17. The summed E-state index contributed by atoms with van der Waals surface area (Å²) in [6.07, 6.45) is -1.70. The fourth-order valence-electron chi connectivity index (χ4n) is 11.8. The molecule has 2 saturated carbocycles. The van der Waals surface area contributed by atoms with Crippen LogP contribution in [0.1, 0.15) is 80.1 Å². The third-order valence-electron chi connectivity index (χ3n) is 17.7.